The van der Waals surface area contributed by atoms with Gasteiger partial charge in [-0.1, -0.05) is 12.1 Å². The maximum Gasteiger partial charge on any atom is 0.264 e. The first-order chi connectivity index (χ1) is 13.9. The molecular weight excluding hydrogens is 394 g/mol. The Hall–Kier alpha value is -2.98. The first-order valence-electron chi connectivity index (χ1n) is 9.21. The molecule has 0 unspecified atom stereocenters. The molecule has 2 aromatic heterocycles. The van der Waals surface area contributed by atoms with Crippen molar-refractivity contribution in [3.63, 3.8) is 0 Å². The van der Waals surface area contributed by atoms with Crippen LogP contribution >= 0.6 is 0 Å². The molecular formula is C19H21N5O4S. The van der Waals surface area contributed by atoms with Crippen molar-refractivity contribution in [1.29, 1.82) is 0 Å². The van der Waals surface area contributed by atoms with E-state index in [4.69, 9.17) is 5.11 Å². The molecule has 2 heterocycles. The third kappa shape index (κ3) is 4.22. The summed E-state index contributed by atoms with van der Waals surface area (Å²) in [6, 6.07) is 8.81. The van der Waals surface area contributed by atoms with Gasteiger partial charge in [0, 0.05) is 24.3 Å². The van der Waals surface area contributed by atoms with Crippen LogP contribution in [0.3, 0.4) is 0 Å². The molecule has 4 rings (SSSR count). The van der Waals surface area contributed by atoms with E-state index in [1.165, 1.54) is 10.9 Å². The van der Waals surface area contributed by atoms with Crippen LogP contribution in [0.1, 0.15) is 12.8 Å². The molecule has 1 fully saturated rings. The third-order valence-corrected chi connectivity index (χ3v) is 5.88. The summed E-state index contributed by atoms with van der Waals surface area (Å²) >= 11 is 0. The highest BCUT2D eigenvalue weighted by atomic mass is 32.2. The number of nitrogens with one attached hydrogen (secondary N) is 2. The van der Waals surface area contributed by atoms with Gasteiger partial charge in [0.05, 0.1) is 29.9 Å². The number of aliphatic hydroxyl groups is 1. The lowest BCUT2D eigenvalue weighted by Crippen LogP contribution is -2.20. The zero-order chi connectivity index (χ0) is 20.6. The standard InChI is InChI=1S/C19H21N5O4S/c1-24-11-20-16-10-15(22-18(17(16)19(24)26)21-13-5-6-13)12-3-2-4-14(9-12)23-29(27,28)8-7-25/h2-4,9-11,13,23,25H,5-8H2,1H3,(H,21,22). The second-order valence-electron chi connectivity index (χ2n) is 7.05. The fourth-order valence-electron chi connectivity index (χ4n) is 2.99. The maximum absolute atomic E-state index is 12.6. The molecule has 152 valence electrons. The molecule has 10 heteroatoms. The van der Waals surface area contributed by atoms with Crippen molar-refractivity contribution in [2.75, 3.05) is 22.4 Å². The zero-order valence-corrected chi connectivity index (χ0v) is 16.6. The number of anilines is 2. The second kappa shape index (κ2) is 7.45. The van der Waals surface area contributed by atoms with Gasteiger partial charge in [0.2, 0.25) is 10.0 Å². The van der Waals surface area contributed by atoms with E-state index >= 15 is 0 Å². The Morgan fingerprint density at radius 3 is 2.79 bits per heavy atom. The third-order valence-electron chi connectivity index (χ3n) is 4.61. The van der Waals surface area contributed by atoms with Crippen molar-refractivity contribution < 1.29 is 13.5 Å². The van der Waals surface area contributed by atoms with E-state index in [0.29, 0.717) is 39.7 Å². The minimum atomic E-state index is -3.63. The van der Waals surface area contributed by atoms with Crippen LogP contribution in [0.25, 0.3) is 22.2 Å². The fraction of sp³-hybridized carbons (Fsp3) is 0.316. The van der Waals surface area contributed by atoms with Crippen molar-refractivity contribution in [2.45, 2.75) is 18.9 Å². The second-order valence-corrected chi connectivity index (χ2v) is 8.90. The molecule has 3 N–H and O–H groups in total. The van der Waals surface area contributed by atoms with Gasteiger partial charge in [-0.05, 0) is 31.0 Å². The molecule has 1 aliphatic carbocycles. The van der Waals surface area contributed by atoms with E-state index in [0.717, 1.165) is 12.8 Å². The molecule has 1 saturated carbocycles. The number of nitrogens with zero attached hydrogens (tertiary/aromatic N) is 3. The number of hydrogen-bond donors (Lipinski definition) is 3. The lowest BCUT2D eigenvalue weighted by Gasteiger charge is -2.12. The first-order valence-corrected chi connectivity index (χ1v) is 10.9. The van der Waals surface area contributed by atoms with E-state index in [1.54, 1.807) is 37.4 Å². The van der Waals surface area contributed by atoms with Crippen LogP contribution in [0.4, 0.5) is 11.5 Å². The molecule has 0 atom stereocenters. The summed E-state index contributed by atoms with van der Waals surface area (Å²) in [6.45, 7) is -0.460. The zero-order valence-electron chi connectivity index (χ0n) is 15.8. The molecule has 29 heavy (non-hydrogen) atoms. The monoisotopic (exact) mass is 415 g/mol. The van der Waals surface area contributed by atoms with E-state index in [2.05, 4.69) is 20.0 Å². The Labute approximate surface area is 167 Å². The molecule has 0 aliphatic heterocycles. The van der Waals surface area contributed by atoms with Crippen molar-refractivity contribution in [2.24, 2.45) is 7.05 Å². The Bertz CT molecular complexity index is 1240. The van der Waals surface area contributed by atoms with Gasteiger partial charge < -0.3 is 15.0 Å². The van der Waals surface area contributed by atoms with Gasteiger partial charge in [-0.15, -0.1) is 0 Å². The summed E-state index contributed by atoms with van der Waals surface area (Å²) in [5, 5.41) is 12.6. The molecule has 0 radical (unpaired) electrons. The summed E-state index contributed by atoms with van der Waals surface area (Å²) in [5.74, 6) is 0.105. The number of hydrogen-bond acceptors (Lipinski definition) is 7. The summed E-state index contributed by atoms with van der Waals surface area (Å²) < 4.78 is 27.7. The van der Waals surface area contributed by atoms with Crippen LogP contribution < -0.4 is 15.6 Å². The van der Waals surface area contributed by atoms with E-state index in [-0.39, 0.29) is 11.3 Å². The Morgan fingerprint density at radius 2 is 2.07 bits per heavy atom. The number of fused-ring (bicyclic) bond motifs is 1. The number of aromatic nitrogens is 3. The lowest BCUT2D eigenvalue weighted by molar-refractivity contribution is 0.320. The number of rotatable bonds is 7. The molecule has 0 amide bonds. The van der Waals surface area contributed by atoms with Crippen LogP contribution in [-0.2, 0) is 17.1 Å². The van der Waals surface area contributed by atoms with Crippen molar-refractivity contribution in [3.05, 3.63) is 47.0 Å². The highest BCUT2D eigenvalue weighted by molar-refractivity contribution is 7.92. The van der Waals surface area contributed by atoms with Crippen LogP contribution in [0.5, 0.6) is 0 Å². The topological polar surface area (TPSA) is 126 Å². The number of sulfonamides is 1. The predicted octanol–water partition coefficient (Wildman–Crippen LogP) is 1.30. The molecule has 3 aromatic rings. The van der Waals surface area contributed by atoms with Gasteiger partial charge in [-0.25, -0.2) is 18.4 Å². The van der Waals surface area contributed by atoms with E-state index < -0.39 is 16.6 Å². The largest absolute Gasteiger partial charge is 0.395 e. The molecule has 0 saturated heterocycles. The van der Waals surface area contributed by atoms with Gasteiger partial charge in [0.25, 0.3) is 5.56 Å². The van der Waals surface area contributed by atoms with Crippen LogP contribution in [0, 0.1) is 0 Å². The summed E-state index contributed by atoms with van der Waals surface area (Å²) in [7, 11) is -1.99. The SMILES string of the molecule is Cn1cnc2cc(-c3cccc(NS(=O)(=O)CCO)c3)nc(NC3CC3)c2c1=O. The Balaban J connectivity index is 1.79. The van der Waals surface area contributed by atoms with Crippen LogP contribution in [0.2, 0.25) is 0 Å². The Morgan fingerprint density at radius 1 is 1.28 bits per heavy atom. The lowest BCUT2D eigenvalue weighted by atomic mass is 10.1. The van der Waals surface area contributed by atoms with Crippen LogP contribution in [-0.4, -0.2) is 46.5 Å². The maximum atomic E-state index is 12.6. The smallest absolute Gasteiger partial charge is 0.264 e. The number of aliphatic hydroxyl groups excluding tert-OH is 1. The number of benzene rings is 1. The first kappa shape index (κ1) is 19.3. The van der Waals surface area contributed by atoms with Gasteiger partial charge in [0.1, 0.15) is 11.2 Å². The van der Waals surface area contributed by atoms with E-state index in [1.807, 2.05) is 0 Å². The quantitative estimate of drug-likeness (QED) is 0.531. The number of aryl methyl sites for hydroxylation is 1. The van der Waals surface area contributed by atoms with Crippen molar-refractivity contribution >= 4 is 32.4 Å². The van der Waals surface area contributed by atoms with Gasteiger partial charge in [-0.2, -0.15) is 0 Å². The minimum absolute atomic E-state index is 0.178. The summed E-state index contributed by atoms with van der Waals surface area (Å²) in [5.41, 5.74) is 1.96. The van der Waals surface area contributed by atoms with Crippen LogP contribution in [0.15, 0.2) is 41.5 Å². The molecule has 9 nitrogen and oxygen atoms in total. The average molecular weight is 415 g/mol. The molecule has 0 bridgehead atoms. The molecule has 0 spiro atoms. The highest BCUT2D eigenvalue weighted by Gasteiger charge is 2.24. The minimum Gasteiger partial charge on any atom is -0.395 e. The fourth-order valence-corrected chi connectivity index (χ4v) is 3.82. The normalized spacial score (nSPS) is 14.1. The van der Waals surface area contributed by atoms with E-state index in [9.17, 15) is 13.2 Å². The highest BCUT2D eigenvalue weighted by Crippen LogP contribution is 2.30. The average Bonchev–Trinajstić information content (AvgIpc) is 3.48. The number of pyridine rings is 1. The summed E-state index contributed by atoms with van der Waals surface area (Å²) in [4.78, 5) is 21.6. The Kier molecular flexibility index (Phi) is 4.97. The molecule has 1 aromatic carbocycles. The van der Waals surface area contributed by atoms with Gasteiger partial charge >= 0.3 is 0 Å². The summed E-state index contributed by atoms with van der Waals surface area (Å²) in [6.07, 6.45) is 3.51. The van der Waals surface area contributed by atoms with Crippen molar-refractivity contribution in [1.82, 2.24) is 14.5 Å². The predicted molar refractivity (Wildman–Crippen MR) is 111 cm³/mol. The van der Waals surface area contributed by atoms with Crippen molar-refractivity contribution in [3.8, 4) is 11.3 Å². The molecule has 1 aliphatic rings. The van der Waals surface area contributed by atoms with Gasteiger partial charge in [0.15, 0.2) is 0 Å². The van der Waals surface area contributed by atoms with Gasteiger partial charge in [-0.3, -0.25) is 9.52 Å².